The predicted octanol–water partition coefficient (Wildman–Crippen LogP) is 1.59. The summed E-state index contributed by atoms with van der Waals surface area (Å²) in [5.74, 6) is -0.734. The van der Waals surface area contributed by atoms with Crippen LogP contribution in [0.15, 0.2) is 29.4 Å². The fourth-order valence-corrected chi connectivity index (χ4v) is 4.83. The smallest absolute Gasteiger partial charge is 0.319 e. The van der Waals surface area contributed by atoms with Crippen LogP contribution in [0.4, 0.5) is 15.5 Å². The summed E-state index contributed by atoms with van der Waals surface area (Å²) in [4.78, 5) is 23.7. The zero-order valence-electron chi connectivity index (χ0n) is 15.2. The maximum absolute atomic E-state index is 12.5. The molecule has 10 nitrogen and oxygen atoms in total. The Morgan fingerprint density at radius 3 is 2.57 bits per heavy atom. The van der Waals surface area contributed by atoms with Crippen LogP contribution in [0.5, 0.6) is 0 Å². The van der Waals surface area contributed by atoms with Crippen molar-refractivity contribution in [3.63, 3.8) is 0 Å². The Bertz CT molecular complexity index is 1200. The van der Waals surface area contributed by atoms with E-state index in [2.05, 4.69) is 20.5 Å². The normalized spacial score (nSPS) is 11.4. The number of aryl methyl sites for hydroxylation is 2. The van der Waals surface area contributed by atoms with Gasteiger partial charge in [-0.15, -0.1) is 11.3 Å². The van der Waals surface area contributed by atoms with Crippen molar-refractivity contribution in [2.24, 2.45) is 12.8 Å². The zero-order chi connectivity index (χ0) is 20.6. The lowest BCUT2D eigenvalue weighted by Crippen LogP contribution is -2.25. The standard InChI is InChI=1S/C16H18N6O4S2/c1-8-6-9(21-28(25,26)11-4-5-22(3)20-11)7-10-12(14(17)23)15(27-13(8)10)19-16(24)18-2/h4-7,21H,1-3H3,(H2,17,23)(H2,18,19,24). The molecule has 3 aromatic rings. The van der Waals surface area contributed by atoms with E-state index in [9.17, 15) is 18.0 Å². The summed E-state index contributed by atoms with van der Waals surface area (Å²) in [6, 6.07) is 4.02. The van der Waals surface area contributed by atoms with Crippen molar-refractivity contribution in [1.29, 1.82) is 0 Å². The van der Waals surface area contributed by atoms with Crippen LogP contribution in [-0.2, 0) is 17.1 Å². The first-order chi connectivity index (χ1) is 13.1. The molecule has 0 spiro atoms. The summed E-state index contributed by atoms with van der Waals surface area (Å²) in [7, 11) is -0.843. The van der Waals surface area contributed by atoms with Crippen LogP contribution in [-0.4, -0.2) is 37.2 Å². The number of urea groups is 1. The Labute approximate surface area is 164 Å². The maximum Gasteiger partial charge on any atom is 0.319 e. The van der Waals surface area contributed by atoms with Gasteiger partial charge >= 0.3 is 6.03 Å². The fraction of sp³-hybridized carbons (Fsp3) is 0.188. The van der Waals surface area contributed by atoms with E-state index in [1.165, 1.54) is 41.4 Å². The average molecular weight is 422 g/mol. The number of amides is 3. The molecule has 148 valence electrons. The first-order valence-corrected chi connectivity index (χ1v) is 10.3. The van der Waals surface area contributed by atoms with E-state index in [0.29, 0.717) is 15.6 Å². The molecule has 0 saturated carbocycles. The number of thiophene rings is 1. The average Bonchev–Trinajstić information content (AvgIpc) is 3.18. The Kier molecular flexibility index (Phi) is 5.00. The molecule has 0 radical (unpaired) electrons. The first kappa shape index (κ1) is 19.6. The molecule has 1 aromatic carbocycles. The Hall–Kier alpha value is -3.12. The number of nitrogens with zero attached hydrogens (tertiary/aromatic N) is 2. The number of aromatic nitrogens is 2. The molecule has 2 heterocycles. The molecule has 12 heteroatoms. The van der Waals surface area contributed by atoms with E-state index in [0.717, 1.165) is 0 Å². The van der Waals surface area contributed by atoms with Crippen LogP contribution in [0.1, 0.15) is 15.9 Å². The van der Waals surface area contributed by atoms with Gasteiger partial charge in [0.2, 0.25) is 0 Å². The van der Waals surface area contributed by atoms with E-state index < -0.39 is 22.0 Å². The van der Waals surface area contributed by atoms with Gasteiger partial charge in [0.05, 0.1) is 5.56 Å². The molecular weight excluding hydrogens is 404 g/mol. The Balaban J connectivity index is 2.10. The van der Waals surface area contributed by atoms with E-state index in [4.69, 9.17) is 5.73 Å². The Morgan fingerprint density at radius 1 is 1.29 bits per heavy atom. The highest BCUT2D eigenvalue weighted by atomic mass is 32.2. The van der Waals surface area contributed by atoms with Crippen molar-refractivity contribution >= 4 is 54.1 Å². The molecule has 0 bridgehead atoms. The number of rotatable bonds is 5. The van der Waals surface area contributed by atoms with Gasteiger partial charge in [-0.05, 0) is 30.7 Å². The van der Waals surface area contributed by atoms with Crippen LogP contribution in [0.25, 0.3) is 10.1 Å². The summed E-state index contributed by atoms with van der Waals surface area (Å²) in [5.41, 5.74) is 6.59. The van der Waals surface area contributed by atoms with E-state index >= 15 is 0 Å². The number of nitrogens with one attached hydrogen (secondary N) is 3. The molecule has 28 heavy (non-hydrogen) atoms. The molecular formula is C16H18N6O4S2. The minimum Gasteiger partial charge on any atom is -0.365 e. The van der Waals surface area contributed by atoms with Crippen LogP contribution >= 0.6 is 11.3 Å². The van der Waals surface area contributed by atoms with E-state index in [1.54, 1.807) is 20.0 Å². The summed E-state index contributed by atoms with van der Waals surface area (Å²) >= 11 is 1.18. The second kappa shape index (κ2) is 7.13. The molecule has 0 atom stereocenters. The SMILES string of the molecule is CNC(=O)Nc1sc2c(C)cc(NS(=O)(=O)c3ccn(C)n3)cc2c1C(N)=O. The van der Waals surface area contributed by atoms with Crippen molar-refractivity contribution in [1.82, 2.24) is 15.1 Å². The van der Waals surface area contributed by atoms with Crippen molar-refractivity contribution in [3.05, 3.63) is 35.5 Å². The molecule has 0 aliphatic heterocycles. The lowest BCUT2D eigenvalue weighted by molar-refractivity contribution is 0.100. The topological polar surface area (TPSA) is 148 Å². The van der Waals surface area contributed by atoms with Gasteiger partial charge in [0.1, 0.15) is 5.00 Å². The molecule has 3 amide bonds. The number of sulfonamides is 1. The highest BCUT2D eigenvalue weighted by Crippen LogP contribution is 2.39. The number of nitrogens with two attached hydrogens (primary N) is 1. The molecule has 2 aromatic heterocycles. The molecule has 0 aliphatic carbocycles. The second-order valence-electron chi connectivity index (χ2n) is 5.98. The predicted molar refractivity (Wildman–Crippen MR) is 107 cm³/mol. The third-order valence-corrected chi connectivity index (χ3v) is 6.42. The number of primary amides is 1. The van der Waals surface area contributed by atoms with Crippen molar-refractivity contribution in [2.45, 2.75) is 11.9 Å². The minimum atomic E-state index is -3.90. The molecule has 0 fully saturated rings. The number of benzene rings is 1. The molecule has 5 N–H and O–H groups in total. The fourth-order valence-electron chi connectivity index (χ4n) is 2.67. The van der Waals surface area contributed by atoms with E-state index in [-0.39, 0.29) is 21.3 Å². The first-order valence-electron chi connectivity index (χ1n) is 8.00. The van der Waals surface area contributed by atoms with Gasteiger partial charge in [-0.2, -0.15) is 13.5 Å². The highest BCUT2D eigenvalue weighted by molar-refractivity contribution is 7.92. The van der Waals surface area contributed by atoms with Crippen LogP contribution < -0.4 is 21.1 Å². The number of carbonyl (C=O) groups is 2. The summed E-state index contributed by atoms with van der Waals surface area (Å²) in [6.07, 6.45) is 1.52. The molecule has 0 saturated heterocycles. The lowest BCUT2D eigenvalue weighted by Gasteiger charge is -2.08. The van der Waals surface area contributed by atoms with Crippen LogP contribution in [0.3, 0.4) is 0 Å². The van der Waals surface area contributed by atoms with Gasteiger partial charge in [-0.1, -0.05) is 0 Å². The van der Waals surface area contributed by atoms with Crippen LogP contribution in [0.2, 0.25) is 0 Å². The monoisotopic (exact) mass is 422 g/mol. The van der Waals surface area contributed by atoms with Gasteiger partial charge in [0, 0.05) is 36.1 Å². The third-order valence-electron chi connectivity index (χ3n) is 3.89. The van der Waals surface area contributed by atoms with Gasteiger partial charge < -0.3 is 11.1 Å². The van der Waals surface area contributed by atoms with Gasteiger partial charge in [-0.3, -0.25) is 19.5 Å². The van der Waals surface area contributed by atoms with Gasteiger partial charge in [0.25, 0.3) is 15.9 Å². The summed E-state index contributed by atoms with van der Waals surface area (Å²) in [5, 5.41) is 9.47. The number of anilines is 2. The number of carbonyl (C=O) groups excluding carboxylic acids is 2. The van der Waals surface area contributed by atoms with Crippen molar-refractivity contribution in [2.75, 3.05) is 17.1 Å². The second-order valence-corrected chi connectivity index (χ2v) is 8.63. The zero-order valence-corrected chi connectivity index (χ0v) is 16.9. The van der Waals surface area contributed by atoms with E-state index in [1.807, 2.05) is 0 Å². The molecule has 0 unspecified atom stereocenters. The molecule has 3 rings (SSSR count). The van der Waals surface area contributed by atoms with Gasteiger partial charge in [0.15, 0.2) is 5.03 Å². The van der Waals surface area contributed by atoms with Crippen molar-refractivity contribution < 1.29 is 18.0 Å². The minimum absolute atomic E-state index is 0.116. The van der Waals surface area contributed by atoms with Gasteiger partial charge in [-0.25, -0.2) is 4.79 Å². The lowest BCUT2D eigenvalue weighted by atomic mass is 10.1. The molecule has 0 aliphatic rings. The number of hydrogen-bond donors (Lipinski definition) is 4. The van der Waals surface area contributed by atoms with Crippen molar-refractivity contribution in [3.8, 4) is 0 Å². The number of fused-ring (bicyclic) bond motifs is 1. The Morgan fingerprint density at radius 2 is 2.00 bits per heavy atom. The number of hydrogen-bond acceptors (Lipinski definition) is 6. The van der Waals surface area contributed by atoms with Crippen LogP contribution in [0, 0.1) is 6.92 Å². The highest BCUT2D eigenvalue weighted by Gasteiger charge is 2.22. The quantitative estimate of drug-likeness (QED) is 0.493. The summed E-state index contributed by atoms with van der Waals surface area (Å²) in [6.45, 7) is 1.77. The maximum atomic E-state index is 12.5. The summed E-state index contributed by atoms with van der Waals surface area (Å²) < 4.78 is 29.6. The largest absolute Gasteiger partial charge is 0.365 e. The third kappa shape index (κ3) is 3.64.